The van der Waals surface area contributed by atoms with E-state index in [0.717, 1.165) is 35.1 Å². The van der Waals surface area contributed by atoms with Gasteiger partial charge in [-0.15, -0.1) is 0 Å². The average molecular weight is 296 g/mol. The van der Waals surface area contributed by atoms with Gasteiger partial charge >= 0.3 is 0 Å². The van der Waals surface area contributed by atoms with Gasteiger partial charge in [-0.2, -0.15) is 0 Å². The largest absolute Gasteiger partial charge is 0.338 e. The number of amides is 1. The topological polar surface area (TPSA) is 20.3 Å². The molecule has 1 aliphatic heterocycles. The van der Waals surface area contributed by atoms with Crippen molar-refractivity contribution in [3.8, 4) is 0 Å². The molecule has 0 bridgehead atoms. The third-order valence-corrected chi connectivity index (χ3v) is 3.90. The summed E-state index contributed by atoms with van der Waals surface area (Å²) in [5.74, 6) is 0.859. The predicted octanol–water partition coefficient (Wildman–Crippen LogP) is 3.63. The highest BCUT2D eigenvalue weighted by atomic mass is 79.9. The molecule has 0 radical (unpaired) electrons. The fourth-order valence-electron chi connectivity index (χ4n) is 2.39. The van der Waals surface area contributed by atoms with E-state index < -0.39 is 0 Å². The molecular formula is C14H18BrNO. The predicted molar refractivity (Wildman–Crippen MR) is 73.2 cm³/mol. The van der Waals surface area contributed by atoms with Gasteiger partial charge in [-0.25, -0.2) is 0 Å². The maximum Gasteiger partial charge on any atom is 0.253 e. The maximum absolute atomic E-state index is 12.3. The third kappa shape index (κ3) is 2.89. The Morgan fingerprint density at radius 3 is 2.82 bits per heavy atom. The van der Waals surface area contributed by atoms with Crippen molar-refractivity contribution in [2.45, 2.75) is 26.7 Å². The number of nitrogens with zero attached hydrogens (tertiary/aromatic N) is 1. The van der Waals surface area contributed by atoms with Gasteiger partial charge in [0, 0.05) is 23.1 Å². The lowest BCUT2D eigenvalue weighted by atomic mass is 10.1. The van der Waals surface area contributed by atoms with Gasteiger partial charge in [-0.1, -0.05) is 29.3 Å². The van der Waals surface area contributed by atoms with Gasteiger partial charge in [-0.3, -0.25) is 4.79 Å². The Hall–Kier alpha value is -0.830. The smallest absolute Gasteiger partial charge is 0.253 e. The van der Waals surface area contributed by atoms with E-state index in [0.29, 0.717) is 5.92 Å². The summed E-state index contributed by atoms with van der Waals surface area (Å²) < 4.78 is 0.979. The van der Waals surface area contributed by atoms with Crippen LogP contribution in [0.5, 0.6) is 0 Å². The van der Waals surface area contributed by atoms with Crippen LogP contribution in [-0.4, -0.2) is 23.9 Å². The number of halogens is 1. The van der Waals surface area contributed by atoms with Gasteiger partial charge < -0.3 is 4.90 Å². The molecule has 92 valence electrons. The fourth-order valence-corrected chi connectivity index (χ4v) is 3.00. The fraction of sp³-hybridized carbons (Fsp3) is 0.500. The lowest BCUT2D eigenvalue weighted by Crippen LogP contribution is -2.28. The molecule has 1 aromatic carbocycles. The Morgan fingerprint density at radius 1 is 1.47 bits per heavy atom. The normalized spacial score (nSPS) is 19.7. The number of rotatable bonds is 2. The second kappa shape index (κ2) is 5.21. The lowest BCUT2D eigenvalue weighted by Gasteiger charge is -2.16. The van der Waals surface area contributed by atoms with Crippen LogP contribution < -0.4 is 0 Å². The molecule has 0 saturated carbocycles. The Bertz CT molecular complexity index is 410. The van der Waals surface area contributed by atoms with Crippen LogP contribution in [0.1, 0.15) is 35.7 Å². The molecule has 2 nitrogen and oxygen atoms in total. The van der Waals surface area contributed by atoms with Crippen LogP contribution >= 0.6 is 15.9 Å². The number of aryl methyl sites for hydroxylation is 1. The zero-order valence-corrected chi connectivity index (χ0v) is 12.0. The molecule has 1 atom stereocenters. The lowest BCUT2D eigenvalue weighted by molar-refractivity contribution is 0.0786. The van der Waals surface area contributed by atoms with E-state index in [-0.39, 0.29) is 5.91 Å². The van der Waals surface area contributed by atoms with E-state index in [1.54, 1.807) is 0 Å². The monoisotopic (exact) mass is 295 g/mol. The number of hydrogen-bond donors (Lipinski definition) is 0. The van der Waals surface area contributed by atoms with Crippen molar-refractivity contribution in [2.75, 3.05) is 13.1 Å². The molecule has 1 aromatic rings. The van der Waals surface area contributed by atoms with E-state index in [1.807, 2.05) is 30.0 Å². The van der Waals surface area contributed by atoms with Crippen molar-refractivity contribution >= 4 is 21.8 Å². The van der Waals surface area contributed by atoms with Gasteiger partial charge in [0.1, 0.15) is 0 Å². The van der Waals surface area contributed by atoms with Crippen molar-refractivity contribution in [3.05, 3.63) is 33.8 Å². The van der Waals surface area contributed by atoms with E-state index in [9.17, 15) is 4.79 Å². The number of carbonyl (C=O) groups is 1. The molecule has 2 rings (SSSR count). The van der Waals surface area contributed by atoms with Gasteiger partial charge in [0.25, 0.3) is 5.91 Å². The molecule has 1 heterocycles. The van der Waals surface area contributed by atoms with Gasteiger partial charge in [-0.05, 0) is 43.0 Å². The Balaban J connectivity index is 2.14. The minimum absolute atomic E-state index is 0.172. The maximum atomic E-state index is 12.3. The molecule has 1 unspecified atom stereocenters. The van der Waals surface area contributed by atoms with Crippen molar-refractivity contribution < 1.29 is 4.79 Å². The zero-order chi connectivity index (χ0) is 12.4. The summed E-state index contributed by atoms with van der Waals surface area (Å²) >= 11 is 3.44. The van der Waals surface area contributed by atoms with Gasteiger partial charge in [0.15, 0.2) is 0 Å². The highest BCUT2D eigenvalue weighted by Crippen LogP contribution is 2.23. The summed E-state index contributed by atoms with van der Waals surface area (Å²) in [5, 5.41) is 0. The average Bonchev–Trinajstić information content (AvgIpc) is 2.75. The zero-order valence-electron chi connectivity index (χ0n) is 10.4. The van der Waals surface area contributed by atoms with Crippen molar-refractivity contribution in [3.63, 3.8) is 0 Å². The van der Waals surface area contributed by atoms with Crippen molar-refractivity contribution in [1.29, 1.82) is 0 Å². The quantitative estimate of drug-likeness (QED) is 0.816. The molecule has 1 saturated heterocycles. The van der Waals surface area contributed by atoms with Crippen LogP contribution in [0.25, 0.3) is 0 Å². The third-order valence-electron chi connectivity index (χ3n) is 3.44. The number of benzene rings is 1. The first kappa shape index (κ1) is 12.6. The first-order valence-corrected chi connectivity index (χ1v) is 6.96. The van der Waals surface area contributed by atoms with Crippen LogP contribution in [0, 0.1) is 12.8 Å². The molecular weight excluding hydrogens is 278 g/mol. The van der Waals surface area contributed by atoms with Crippen LogP contribution in [0.15, 0.2) is 22.7 Å². The molecule has 17 heavy (non-hydrogen) atoms. The molecule has 0 N–H and O–H groups in total. The highest BCUT2D eigenvalue weighted by molar-refractivity contribution is 9.10. The van der Waals surface area contributed by atoms with Crippen LogP contribution in [0.4, 0.5) is 0 Å². The van der Waals surface area contributed by atoms with Gasteiger partial charge in [0.05, 0.1) is 0 Å². The Labute approximate surface area is 111 Å². The Kier molecular flexibility index (Phi) is 3.87. The summed E-state index contributed by atoms with van der Waals surface area (Å²) in [5.41, 5.74) is 1.92. The summed E-state index contributed by atoms with van der Waals surface area (Å²) in [6.45, 7) is 6.03. The molecule has 0 aromatic heterocycles. The molecule has 1 aliphatic rings. The summed E-state index contributed by atoms with van der Waals surface area (Å²) in [4.78, 5) is 14.3. The number of hydrogen-bond acceptors (Lipinski definition) is 1. The molecule has 3 heteroatoms. The second-order valence-electron chi connectivity index (χ2n) is 4.83. The van der Waals surface area contributed by atoms with E-state index in [4.69, 9.17) is 0 Å². The number of carbonyl (C=O) groups excluding carboxylic acids is 1. The van der Waals surface area contributed by atoms with Crippen LogP contribution in [-0.2, 0) is 0 Å². The molecule has 1 amide bonds. The molecule has 1 fully saturated rings. The summed E-state index contributed by atoms with van der Waals surface area (Å²) in [7, 11) is 0. The standard InChI is InChI=1S/C14H18BrNO/c1-3-11-4-5-16(9-11)14(17)12-6-10(2)7-13(15)8-12/h6-8,11H,3-5,9H2,1-2H3. The van der Waals surface area contributed by atoms with Crippen LogP contribution in [0.3, 0.4) is 0 Å². The molecule has 0 aliphatic carbocycles. The summed E-state index contributed by atoms with van der Waals surface area (Å²) in [6, 6.07) is 5.90. The second-order valence-corrected chi connectivity index (χ2v) is 5.75. The number of likely N-dealkylation sites (tertiary alicyclic amines) is 1. The SMILES string of the molecule is CCC1CCN(C(=O)c2cc(C)cc(Br)c2)C1. The molecule has 0 spiro atoms. The van der Waals surface area contributed by atoms with Crippen molar-refractivity contribution in [2.24, 2.45) is 5.92 Å². The first-order chi connectivity index (χ1) is 8.10. The van der Waals surface area contributed by atoms with E-state index in [2.05, 4.69) is 22.9 Å². The van der Waals surface area contributed by atoms with Crippen LogP contribution in [0.2, 0.25) is 0 Å². The van der Waals surface area contributed by atoms with Crippen molar-refractivity contribution in [1.82, 2.24) is 4.90 Å². The van der Waals surface area contributed by atoms with Gasteiger partial charge in [0.2, 0.25) is 0 Å². The Morgan fingerprint density at radius 2 is 2.24 bits per heavy atom. The summed E-state index contributed by atoms with van der Waals surface area (Å²) in [6.07, 6.45) is 2.32. The van der Waals surface area contributed by atoms with E-state index >= 15 is 0 Å². The van der Waals surface area contributed by atoms with E-state index in [1.165, 1.54) is 6.42 Å². The highest BCUT2D eigenvalue weighted by Gasteiger charge is 2.25. The first-order valence-electron chi connectivity index (χ1n) is 6.16. The minimum atomic E-state index is 0.172. The minimum Gasteiger partial charge on any atom is -0.338 e.